The number of nitrogens with zero attached hydrogens (tertiary/aromatic N) is 5. The Bertz CT molecular complexity index is 1750. The van der Waals surface area contributed by atoms with Gasteiger partial charge in [0.2, 0.25) is 5.91 Å². The molecule has 8 heteroatoms. The molecular weight excluding hydrogens is 562 g/mol. The molecule has 1 N–H and O–H groups in total. The second kappa shape index (κ2) is 12.1. The number of aryl methyl sites for hydroxylation is 1. The predicted molar refractivity (Wildman–Crippen MR) is 175 cm³/mol. The maximum absolute atomic E-state index is 12.6. The molecule has 1 saturated carbocycles. The van der Waals surface area contributed by atoms with Crippen LogP contribution in [0.5, 0.6) is 0 Å². The maximum Gasteiger partial charge on any atom is 0.339 e. The summed E-state index contributed by atoms with van der Waals surface area (Å²) >= 11 is 0. The number of rotatable bonds is 9. The average Bonchev–Trinajstić information content (AvgIpc) is 3.70. The summed E-state index contributed by atoms with van der Waals surface area (Å²) in [4.78, 5) is 33.9. The van der Waals surface area contributed by atoms with Gasteiger partial charge in [0.05, 0.1) is 17.6 Å². The number of aromatic carboxylic acids is 1. The molecule has 1 saturated heterocycles. The Hall–Kier alpha value is -4.46. The van der Waals surface area contributed by atoms with Crippen LogP contribution in [0.2, 0.25) is 0 Å². The molecule has 7 rings (SSSR count). The lowest BCUT2D eigenvalue weighted by Crippen LogP contribution is -2.38. The van der Waals surface area contributed by atoms with Crippen LogP contribution in [-0.2, 0) is 30.6 Å². The van der Waals surface area contributed by atoms with Crippen molar-refractivity contribution < 1.29 is 14.7 Å². The standard InChI is InChI=1S/C37H41N5O3/c1-3-25-21-24(11-14-29(25)26-15-18-40(19-16-26)36(43)28-12-13-28)23-41-20-17-27-7-5-8-30(35(27)41)32-9-6-10-34(39-32)42-33(4-2)31(22-38-42)37(44)45/h5-11,14,21-22,26,28H,3-4,12-13,15-20,23H2,1-2H3,(H,44,45). The van der Waals surface area contributed by atoms with Gasteiger partial charge in [-0.05, 0) is 85.3 Å². The fraction of sp³-hybridized carbons (Fsp3) is 0.405. The molecule has 2 aromatic heterocycles. The third kappa shape index (κ3) is 5.62. The molecule has 4 heterocycles. The summed E-state index contributed by atoms with van der Waals surface area (Å²) in [5, 5.41) is 14.0. The topological polar surface area (TPSA) is 91.6 Å². The van der Waals surface area contributed by atoms with Crippen molar-refractivity contribution in [1.82, 2.24) is 19.7 Å². The molecule has 1 amide bonds. The van der Waals surface area contributed by atoms with E-state index in [0.29, 0.717) is 35.7 Å². The number of hydrogen-bond acceptors (Lipinski definition) is 5. The third-order valence-corrected chi connectivity index (χ3v) is 9.88. The summed E-state index contributed by atoms with van der Waals surface area (Å²) in [5.41, 5.74) is 9.51. The highest BCUT2D eigenvalue weighted by Gasteiger charge is 2.35. The largest absolute Gasteiger partial charge is 0.478 e. The Labute approximate surface area is 264 Å². The molecule has 0 atom stereocenters. The number of para-hydroxylation sites is 1. The summed E-state index contributed by atoms with van der Waals surface area (Å²) < 4.78 is 1.65. The number of anilines is 1. The normalized spacial score (nSPS) is 16.7. The van der Waals surface area contributed by atoms with Gasteiger partial charge in [0.1, 0.15) is 5.56 Å². The minimum absolute atomic E-state index is 0.211. The van der Waals surface area contributed by atoms with Gasteiger partial charge in [-0.25, -0.2) is 14.5 Å². The number of carbonyl (C=O) groups is 2. The monoisotopic (exact) mass is 603 g/mol. The van der Waals surface area contributed by atoms with Crippen molar-refractivity contribution in [2.45, 2.75) is 71.3 Å². The predicted octanol–water partition coefficient (Wildman–Crippen LogP) is 6.44. The van der Waals surface area contributed by atoms with E-state index >= 15 is 0 Å². The number of carbonyl (C=O) groups excluding carboxylic acids is 1. The van der Waals surface area contributed by atoms with Gasteiger partial charge in [0.15, 0.2) is 5.82 Å². The average molecular weight is 604 g/mol. The van der Waals surface area contributed by atoms with Crippen LogP contribution in [0.1, 0.15) is 83.8 Å². The summed E-state index contributed by atoms with van der Waals surface area (Å²) in [6, 6.07) is 19.4. The fourth-order valence-corrected chi connectivity index (χ4v) is 7.36. The van der Waals surface area contributed by atoms with Crippen molar-refractivity contribution in [3.05, 3.63) is 94.3 Å². The van der Waals surface area contributed by atoms with Gasteiger partial charge >= 0.3 is 5.97 Å². The number of hydrogen-bond donors (Lipinski definition) is 1. The van der Waals surface area contributed by atoms with Crippen molar-refractivity contribution in [3.63, 3.8) is 0 Å². The highest BCUT2D eigenvalue weighted by molar-refractivity contribution is 5.89. The van der Waals surface area contributed by atoms with Crippen LogP contribution < -0.4 is 4.90 Å². The van der Waals surface area contributed by atoms with E-state index in [0.717, 1.165) is 76.0 Å². The minimum atomic E-state index is -0.976. The van der Waals surface area contributed by atoms with Crippen LogP contribution in [-0.4, -0.2) is 56.3 Å². The van der Waals surface area contributed by atoms with E-state index < -0.39 is 5.97 Å². The lowest BCUT2D eigenvalue weighted by Gasteiger charge is -2.33. The molecule has 0 radical (unpaired) electrons. The quantitative estimate of drug-likeness (QED) is 0.237. The van der Waals surface area contributed by atoms with Crippen LogP contribution in [0.4, 0.5) is 5.69 Å². The highest BCUT2D eigenvalue weighted by atomic mass is 16.4. The molecular formula is C37H41N5O3. The van der Waals surface area contributed by atoms with E-state index in [2.05, 4.69) is 58.2 Å². The van der Waals surface area contributed by atoms with Gasteiger partial charge in [-0.3, -0.25) is 4.79 Å². The molecule has 232 valence electrons. The number of aromatic nitrogens is 3. The molecule has 0 unspecified atom stereocenters. The Morgan fingerprint density at radius 1 is 0.933 bits per heavy atom. The highest BCUT2D eigenvalue weighted by Crippen LogP contribution is 2.40. The van der Waals surface area contributed by atoms with Gasteiger partial charge in [-0.2, -0.15) is 5.10 Å². The summed E-state index contributed by atoms with van der Waals surface area (Å²) in [5.74, 6) is 0.844. The van der Waals surface area contributed by atoms with Gasteiger partial charge in [-0.15, -0.1) is 0 Å². The maximum atomic E-state index is 12.6. The molecule has 2 fully saturated rings. The van der Waals surface area contributed by atoms with Gasteiger partial charge < -0.3 is 14.9 Å². The first-order valence-electron chi connectivity index (χ1n) is 16.5. The van der Waals surface area contributed by atoms with Crippen molar-refractivity contribution >= 4 is 17.6 Å². The number of pyridine rings is 1. The lowest BCUT2D eigenvalue weighted by molar-refractivity contribution is -0.133. The van der Waals surface area contributed by atoms with Crippen LogP contribution in [0.25, 0.3) is 17.1 Å². The number of amides is 1. The number of carboxylic acids is 1. The number of fused-ring (bicyclic) bond motifs is 1. The van der Waals surface area contributed by atoms with Gasteiger partial charge in [0, 0.05) is 43.3 Å². The zero-order valence-corrected chi connectivity index (χ0v) is 26.2. The first-order chi connectivity index (χ1) is 21.9. The van der Waals surface area contributed by atoms with Crippen molar-refractivity contribution in [1.29, 1.82) is 0 Å². The lowest BCUT2D eigenvalue weighted by atomic mass is 9.85. The Morgan fingerprint density at radius 3 is 2.47 bits per heavy atom. The van der Waals surface area contributed by atoms with E-state index in [1.165, 1.54) is 34.1 Å². The first kappa shape index (κ1) is 29.3. The number of benzene rings is 2. The molecule has 2 aromatic carbocycles. The molecule has 2 aliphatic heterocycles. The molecule has 0 spiro atoms. The van der Waals surface area contributed by atoms with Crippen LogP contribution >= 0.6 is 0 Å². The zero-order chi connectivity index (χ0) is 31.1. The van der Waals surface area contributed by atoms with E-state index in [9.17, 15) is 14.7 Å². The summed E-state index contributed by atoms with van der Waals surface area (Å²) in [7, 11) is 0. The molecule has 45 heavy (non-hydrogen) atoms. The van der Waals surface area contributed by atoms with Crippen LogP contribution in [0, 0.1) is 5.92 Å². The second-order valence-electron chi connectivity index (χ2n) is 12.7. The Balaban J connectivity index is 1.12. The Morgan fingerprint density at radius 2 is 1.73 bits per heavy atom. The molecule has 0 bridgehead atoms. The smallest absolute Gasteiger partial charge is 0.339 e. The molecule has 3 aliphatic rings. The van der Waals surface area contributed by atoms with Crippen LogP contribution in [0.15, 0.2) is 60.8 Å². The van der Waals surface area contributed by atoms with E-state index in [4.69, 9.17) is 4.98 Å². The molecule has 8 nitrogen and oxygen atoms in total. The van der Waals surface area contributed by atoms with E-state index in [1.54, 1.807) is 4.68 Å². The number of carboxylic acid groups (broad SMARTS) is 1. The number of likely N-dealkylation sites (tertiary alicyclic amines) is 1. The SMILES string of the molecule is CCc1cc(CN2CCc3cccc(-c4cccc(-n5ncc(C(=O)O)c5CC)n4)c32)ccc1C1CCN(C(=O)C2CC2)CC1. The third-order valence-electron chi connectivity index (χ3n) is 9.88. The Kier molecular flexibility index (Phi) is 7.90. The summed E-state index contributed by atoms with van der Waals surface area (Å²) in [6.07, 6.45) is 8.19. The van der Waals surface area contributed by atoms with Gasteiger partial charge in [-0.1, -0.05) is 56.3 Å². The van der Waals surface area contributed by atoms with E-state index in [1.807, 2.05) is 25.1 Å². The fourth-order valence-electron chi connectivity index (χ4n) is 7.36. The molecule has 1 aliphatic carbocycles. The van der Waals surface area contributed by atoms with Crippen LogP contribution in [0.3, 0.4) is 0 Å². The first-order valence-corrected chi connectivity index (χ1v) is 16.5. The number of piperidine rings is 1. The van der Waals surface area contributed by atoms with E-state index in [-0.39, 0.29) is 5.56 Å². The van der Waals surface area contributed by atoms with Crippen molar-refractivity contribution in [2.75, 3.05) is 24.5 Å². The van der Waals surface area contributed by atoms with Gasteiger partial charge in [0.25, 0.3) is 0 Å². The second-order valence-corrected chi connectivity index (χ2v) is 12.7. The zero-order valence-electron chi connectivity index (χ0n) is 26.2. The summed E-state index contributed by atoms with van der Waals surface area (Å²) in [6.45, 7) is 7.72. The molecule has 4 aromatic rings. The van der Waals surface area contributed by atoms with Crippen molar-refractivity contribution in [2.24, 2.45) is 5.92 Å². The minimum Gasteiger partial charge on any atom is -0.478 e. The van der Waals surface area contributed by atoms with Crippen molar-refractivity contribution in [3.8, 4) is 17.1 Å².